The van der Waals surface area contributed by atoms with Crippen LogP contribution in [0.15, 0.2) is 42.7 Å². The first-order valence-corrected chi connectivity index (χ1v) is 6.50. The maximum absolute atomic E-state index is 5.66. The second kappa shape index (κ2) is 5.30. The minimum Gasteiger partial charge on any atom is -0.496 e. The number of rotatable bonds is 4. The topological polar surface area (TPSA) is 65.4 Å². The van der Waals surface area contributed by atoms with E-state index in [0.717, 1.165) is 28.5 Å². The number of para-hydroxylation sites is 1. The average molecular weight is 268 g/mol. The van der Waals surface area contributed by atoms with Crippen LogP contribution in [-0.2, 0) is 6.42 Å². The van der Waals surface area contributed by atoms with Crippen molar-refractivity contribution >= 4 is 5.65 Å². The van der Waals surface area contributed by atoms with Gasteiger partial charge in [-0.15, -0.1) is 0 Å². The van der Waals surface area contributed by atoms with E-state index in [1.54, 1.807) is 13.3 Å². The highest BCUT2D eigenvalue weighted by Gasteiger charge is 2.16. The minimum atomic E-state index is 0.555. The molecule has 0 aliphatic heterocycles. The molecule has 0 aliphatic carbocycles. The van der Waals surface area contributed by atoms with Gasteiger partial charge in [-0.05, 0) is 24.7 Å². The predicted octanol–water partition coefficient (Wildman–Crippen LogP) is 1.91. The summed E-state index contributed by atoms with van der Waals surface area (Å²) in [5.74, 6) is 1.70. The second-order valence-electron chi connectivity index (χ2n) is 4.43. The van der Waals surface area contributed by atoms with Gasteiger partial charge in [0.1, 0.15) is 17.3 Å². The van der Waals surface area contributed by atoms with Gasteiger partial charge in [0.05, 0.1) is 7.11 Å². The van der Waals surface area contributed by atoms with Gasteiger partial charge in [-0.3, -0.25) is 4.40 Å². The summed E-state index contributed by atoms with van der Waals surface area (Å²) < 4.78 is 7.40. The SMILES string of the molecule is COc1ccccc1-c1nc(CCN)n2cccnc12. The van der Waals surface area contributed by atoms with Crippen LogP contribution in [0.4, 0.5) is 0 Å². The highest BCUT2D eigenvalue weighted by Crippen LogP contribution is 2.31. The number of hydrogen-bond acceptors (Lipinski definition) is 4. The van der Waals surface area contributed by atoms with Gasteiger partial charge in [-0.25, -0.2) is 9.97 Å². The summed E-state index contributed by atoms with van der Waals surface area (Å²) in [5.41, 5.74) is 8.24. The molecule has 5 heteroatoms. The number of methoxy groups -OCH3 is 1. The zero-order valence-corrected chi connectivity index (χ0v) is 11.3. The molecule has 1 aromatic carbocycles. The first-order chi connectivity index (χ1) is 9.85. The Bertz CT molecular complexity index is 736. The highest BCUT2D eigenvalue weighted by atomic mass is 16.5. The van der Waals surface area contributed by atoms with Crippen LogP contribution in [-0.4, -0.2) is 28.0 Å². The fourth-order valence-corrected chi connectivity index (χ4v) is 2.31. The highest BCUT2D eigenvalue weighted by molar-refractivity contribution is 5.78. The van der Waals surface area contributed by atoms with Crippen molar-refractivity contribution in [2.75, 3.05) is 13.7 Å². The van der Waals surface area contributed by atoms with E-state index >= 15 is 0 Å². The summed E-state index contributed by atoms with van der Waals surface area (Å²) in [5, 5.41) is 0. The lowest BCUT2D eigenvalue weighted by Crippen LogP contribution is -2.06. The molecular weight excluding hydrogens is 252 g/mol. The van der Waals surface area contributed by atoms with Crippen molar-refractivity contribution < 1.29 is 4.74 Å². The van der Waals surface area contributed by atoms with Crippen molar-refractivity contribution in [1.29, 1.82) is 0 Å². The van der Waals surface area contributed by atoms with Gasteiger partial charge in [0, 0.05) is 24.4 Å². The van der Waals surface area contributed by atoms with Crippen LogP contribution in [0.2, 0.25) is 0 Å². The van der Waals surface area contributed by atoms with Gasteiger partial charge in [0.25, 0.3) is 0 Å². The van der Waals surface area contributed by atoms with Crippen molar-refractivity contribution in [1.82, 2.24) is 14.4 Å². The van der Waals surface area contributed by atoms with E-state index in [0.29, 0.717) is 13.0 Å². The van der Waals surface area contributed by atoms with Gasteiger partial charge < -0.3 is 10.5 Å². The van der Waals surface area contributed by atoms with Crippen molar-refractivity contribution in [3.63, 3.8) is 0 Å². The Morgan fingerprint density at radius 2 is 2.10 bits per heavy atom. The van der Waals surface area contributed by atoms with Crippen molar-refractivity contribution in [2.24, 2.45) is 5.73 Å². The van der Waals surface area contributed by atoms with Gasteiger partial charge in [-0.1, -0.05) is 12.1 Å². The maximum atomic E-state index is 5.66. The fraction of sp³-hybridized carbons (Fsp3) is 0.200. The van der Waals surface area contributed by atoms with E-state index in [1.165, 1.54) is 0 Å². The lowest BCUT2D eigenvalue weighted by molar-refractivity contribution is 0.416. The van der Waals surface area contributed by atoms with Gasteiger partial charge >= 0.3 is 0 Å². The summed E-state index contributed by atoms with van der Waals surface area (Å²) in [6, 6.07) is 9.71. The van der Waals surface area contributed by atoms with E-state index in [2.05, 4.69) is 4.98 Å². The fourth-order valence-electron chi connectivity index (χ4n) is 2.31. The van der Waals surface area contributed by atoms with Crippen LogP contribution in [0.25, 0.3) is 16.9 Å². The Morgan fingerprint density at radius 1 is 1.25 bits per heavy atom. The van der Waals surface area contributed by atoms with Crippen LogP contribution in [0.3, 0.4) is 0 Å². The van der Waals surface area contributed by atoms with E-state index in [1.807, 2.05) is 40.9 Å². The molecule has 2 aromatic heterocycles. The summed E-state index contributed by atoms with van der Waals surface area (Å²) in [6.07, 6.45) is 4.43. The molecule has 0 amide bonds. The lowest BCUT2D eigenvalue weighted by Gasteiger charge is -2.05. The Hall–Kier alpha value is -2.40. The van der Waals surface area contributed by atoms with Crippen LogP contribution < -0.4 is 10.5 Å². The summed E-state index contributed by atoms with van der Waals surface area (Å²) >= 11 is 0. The predicted molar refractivity (Wildman–Crippen MR) is 77.7 cm³/mol. The number of ether oxygens (including phenoxy) is 1. The molecule has 2 N–H and O–H groups in total. The smallest absolute Gasteiger partial charge is 0.164 e. The molecule has 3 rings (SSSR count). The molecule has 0 unspecified atom stereocenters. The average Bonchev–Trinajstić information content (AvgIpc) is 2.87. The number of hydrogen-bond donors (Lipinski definition) is 1. The molecule has 102 valence electrons. The summed E-state index contributed by atoms with van der Waals surface area (Å²) in [4.78, 5) is 9.14. The number of imidazole rings is 1. The first kappa shape index (κ1) is 12.6. The summed E-state index contributed by atoms with van der Waals surface area (Å²) in [7, 11) is 1.66. The summed E-state index contributed by atoms with van der Waals surface area (Å²) in [6.45, 7) is 0.555. The first-order valence-electron chi connectivity index (χ1n) is 6.50. The normalized spacial score (nSPS) is 10.9. The maximum Gasteiger partial charge on any atom is 0.164 e. The number of benzene rings is 1. The number of nitrogens with two attached hydrogens (primary N) is 1. The second-order valence-corrected chi connectivity index (χ2v) is 4.43. The Labute approximate surface area is 117 Å². The van der Waals surface area contributed by atoms with Crippen molar-refractivity contribution in [2.45, 2.75) is 6.42 Å². The van der Waals surface area contributed by atoms with Gasteiger partial charge in [-0.2, -0.15) is 0 Å². The molecule has 0 aliphatic rings. The van der Waals surface area contributed by atoms with Crippen LogP contribution in [0, 0.1) is 0 Å². The zero-order chi connectivity index (χ0) is 13.9. The molecule has 3 aromatic rings. The molecule has 5 nitrogen and oxygen atoms in total. The number of aromatic nitrogens is 3. The standard InChI is InChI=1S/C15H16N4O/c1-20-12-6-3-2-5-11(12)14-15-17-9-4-10-19(15)13(18-14)7-8-16/h2-6,9-10H,7-8,16H2,1H3. The van der Waals surface area contributed by atoms with E-state index in [-0.39, 0.29) is 0 Å². The Kier molecular flexibility index (Phi) is 3.35. The van der Waals surface area contributed by atoms with Gasteiger partial charge in [0.15, 0.2) is 5.65 Å². The van der Waals surface area contributed by atoms with E-state index in [9.17, 15) is 0 Å². The molecule has 20 heavy (non-hydrogen) atoms. The van der Waals surface area contributed by atoms with E-state index in [4.69, 9.17) is 15.5 Å². The Balaban J connectivity index is 2.26. The molecular formula is C15H16N4O. The number of nitrogens with zero attached hydrogens (tertiary/aromatic N) is 3. The number of fused-ring (bicyclic) bond motifs is 1. The van der Waals surface area contributed by atoms with Gasteiger partial charge in [0.2, 0.25) is 0 Å². The molecule has 0 bridgehead atoms. The largest absolute Gasteiger partial charge is 0.496 e. The van der Waals surface area contributed by atoms with Crippen LogP contribution in [0.5, 0.6) is 5.75 Å². The van der Waals surface area contributed by atoms with Crippen LogP contribution in [0.1, 0.15) is 5.82 Å². The molecule has 2 heterocycles. The molecule has 0 atom stereocenters. The quantitative estimate of drug-likeness (QED) is 0.785. The molecule has 0 saturated carbocycles. The lowest BCUT2D eigenvalue weighted by atomic mass is 10.1. The van der Waals surface area contributed by atoms with Crippen molar-refractivity contribution in [3.05, 3.63) is 48.5 Å². The third-order valence-electron chi connectivity index (χ3n) is 3.21. The van der Waals surface area contributed by atoms with Crippen molar-refractivity contribution in [3.8, 4) is 17.0 Å². The third kappa shape index (κ3) is 2.02. The minimum absolute atomic E-state index is 0.555. The molecule has 0 fully saturated rings. The molecule has 0 radical (unpaired) electrons. The third-order valence-corrected chi connectivity index (χ3v) is 3.21. The Morgan fingerprint density at radius 3 is 2.90 bits per heavy atom. The molecule has 0 spiro atoms. The molecule has 0 saturated heterocycles. The zero-order valence-electron chi connectivity index (χ0n) is 11.3. The van der Waals surface area contributed by atoms with Crippen LogP contribution >= 0.6 is 0 Å². The van der Waals surface area contributed by atoms with E-state index < -0.39 is 0 Å². The monoisotopic (exact) mass is 268 g/mol.